The maximum Gasteiger partial charge on any atom is 0.330 e. The number of ether oxygens (including phenoxy) is 1. The van der Waals surface area contributed by atoms with Crippen LogP contribution in [0.5, 0.6) is 0 Å². The number of aliphatic hydroxyl groups excluding tert-OH is 1. The van der Waals surface area contributed by atoms with Gasteiger partial charge in [-0.15, -0.1) is 0 Å². The second kappa shape index (κ2) is 13.6. The number of hydrogen-bond donors (Lipinski definition) is 1. The fourth-order valence-electron chi connectivity index (χ4n) is 1.31. The van der Waals surface area contributed by atoms with Crippen molar-refractivity contribution in [3.63, 3.8) is 0 Å². The van der Waals surface area contributed by atoms with Crippen LogP contribution in [0.15, 0.2) is 12.7 Å². The summed E-state index contributed by atoms with van der Waals surface area (Å²) in [5, 5.41) is 8.60. The summed E-state index contributed by atoms with van der Waals surface area (Å²) in [6, 6.07) is 0. The van der Waals surface area contributed by atoms with E-state index in [2.05, 4.69) is 6.58 Å². The third kappa shape index (κ3) is 13.5. The van der Waals surface area contributed by atoms with Gasteiger partial charge in [0.05, 0.1) is 6.61 Å². The molecule has 3 nitrogen and oxygen atoms in total. The molecule has 0 aromatic heterocycles. The number of aliphatic hydroxyl groups is 1. The zero-order chi connectivity index (χ0) is 12.8. The summed E-state index contributed by atoms with van der Waals surface area (Å²) in [5.74, 6) is 2.03. The highest BCUT2D eigenvalue weighted by Gasteiger charge is 1.95. The summed E-state index contributed by atoms with van der Waals surface area (Å²) in [6.07, 6.45) is 7.66. The zero-order valence-corrected chi connectivity index (χ0v) is 11.3. The van der Waals surface area contributed by atoms with Gasteiger partial charge in [-0.25, -0.2) is 4.79 Å². The summed E-state index contributed by atoms with van der Waals surface area (Å²) < 4.78 is 4.88. The van der Waals surface area contributed by atoms with Crippen LogP contribution in [0.1, 0.15) is 38.5 Å². The summed E-state index contributed by atoms with van der Waals surface area (Å²) in [7, 11) is 0. The first-order valence-corrected chi connectivity index (χ1v) is 7.44. The number of esters is 1. The maximum absolute atomic E-state index is 10.7. The van der Waals surface area contributed by atoms with Crippen LogP contribution in [0.2, 0.25) is 0 Å². The minimum absolute atomic E-state index is 0.314. The monoisotopic (exact) mass is 260 g/mol. The topological polar surface area (TPSA) is 46.5 Å². The molecule has 0 aromatic rings. The normalized spacial score (nSPS) is 10.2. The molecule has 0 spiro atoms. The van der Waals surface area contributed by atoms with Crippen LogP contribution in [0, 0.1) is 0 Å². The predicted octanol–water partition coefficient (Wildman–Crippen LogP) is 2.78. The van der Waals surface area contributed by atoms with Crippen LogP contribution in [-0.4, -0.2) is 35.8 Å². The van der Waals surface area contributed by atoms with Gasteiger partial charge in [0.25, 0.3) is 0 Å². The Balaban J connectivity index is 2.98. The minimum atomic E-state index is -0.330. The van der Waals surface area contributed by atoms with Crippen LogP contribution < -0.4 is 0 Å². The fourth-order valence-corrected chi connectivity index (χ4v) is 2.33. The van der Waals surface area contributed by atoms with Gasteiger partial charge >= 0.3 is 5.97 Å². The largest absolute Gasteiger partial charge is 0.463 e. The van der Waals surface area contributed by atoms with Crippen LogP contribution in [-0.2, 0) is 9.53 Å². The molecular formula is C13H24O3S. The van der Waals surface area contributed by atoms with Crippen molar-refractivity contribution in [1.82, 2.24) is 0 Å². The van der Waals surface area contributed by atoms with E-state index in [1.54, 1.807) is 0 Å². The summed E-state index contributed by atoms with van der Waals surface area (Å²) in [4.78, 5) is 10.7. The molecule has 0 radical (unpaired) electrons. The summed E-state index contributed by atoms with van der Waals surface area (Å²) >= 11 is 1.97. The molecule has 100 valence electrons. The molecule has 0 aliphatic rings. The van der Waals surface area contributed by atoms with Crippen molar-refractivity contribution >= 4 is 17.7 Å². The van der Waals surface area contributed by atoms with Crippen molar-refractivity contribution in [3.8, 4) is 0 Å². The molecule has 0 atom stereocenters. The minimum Gasteiger partial charge on any atom is -0.463 e. The molecule has 17 heavy (non-hydrogen) atoms. The molecule has 0 aliphatic heterocycles. The second-order valence-corrected chi connectivity index (χ2v) is 5.05. The van der Waals surface area contributed by atoms with Gasteiger partial charge in [0.2, 0.25) is 0 Å². The number of carbonyl (C=O) groups excluding carboxylic acids is 1. The van der Waals surface area contributed by atoms with Crippen LogP contribution in [0.25, 0.3) is 0 Å². The highest BCUT2D eigenvalue weighted by atomic mass is 32.2. The molecule has 0 aromatic carbocycles. The lowest BCUT2D eigenvalue weighted by molar-refractivity contribution is -0.137. The van der Waals surface area contributed by atoms with E-state index in [1.165, 1.54) is 30.4 Å². The molecule has 0 heterocycles. The average molecular weight is 260 g/mol. The lowest BCUT2D eigenvalue weighted by atomic mass is 10.3. The number of hydrogen-bond acceptors (Lipinski definition) is 4. The summed E-state index contributed by atoms with van der Waals surface area (Å²) in [6.45, 7) is 4.16. The molecule has 0 unspecified atom stereocenters. The number of unbranched alkanes of at least 4 members (excludes halogenated alkanes) is 4. The zero-order valence-electron chi connectivity index (χ0n) is 10.5. The Morgan fingerprint density at radius 1 is 1.12 bits per heavy atom. The molecule has 0 saturated carbocycles. The Bertz CT molecular complexity index is 195. The summed E-state index contributed by atoms with van der Waals surface area (Å²) in [5.41, 5.74) is 0. The highest BCUT2D eigenvalue weighted by molar-refractivity contribution is 7.99. The smallest absolute Gasteiger partial charge is 0.330 e. The van der Waals surface area contributed by atoms with E-state index in [9.17, 15) is 4.79 Å². The van der Waals surface area contributed by atoms with E-state index in [1.807, 2.05) is 11.8 Å². The third-order valence-corrected chi connectivity index (χ3v) is 3.45. The Hall–Kier alpha value is -0.480. The van der Waals surface area contributed by atoms with E-state index < -0.39 is 0 Å². The van der Waals surface area contributed by atoms with E-state index in [0.717, 1.165) is 25.7 Å². The highest BCUT2D eigenvalue weighted by Crippen LogP contribution is 2.09. The molecule has 0 aliphatic carbocycles. The molecule has 0 fully saturated rings. The lowest BCUT2D eigenvalue weighted by Gasteiger charge is -2.03. The van der Waals surface area contributed by atoms with E-state index in [4.69, 9.17) is 9.84 Å². The van der Waals surface area contributed by atoms with Gasteiger partial charge in [0.15, 0.2) is 0 Å². The van der Waals surface area contributed by atoms with Gasteiger partial charge in [-0.05, 0) is 43.6 Å². The molecule has 1 N–H and O–H groups in total. The first-order chi connectivity index (χ1) is 8.31. The fraction of sp³-hybridized carbons (Fsp3) is 0.769. The van der Waals surface area contributed by atoms with Gasteiger partial charge < -0.3 is 9.84 Å². The second-order valence-electron chi connectivity index (χ2n) is 3.83. The van der Waals surface area contributed by atoms with Crippen molar-refractivity contribution < 1.29 is 14.6 Å². The van der Waals surface area contributed by atoms with Crippen LogP contribution >= 0.6 is 11.8 Å². The van der Waals surface area contributed by atoms with Crippen molar-refractivity contribution in [3.05, 3.63) is 12.7 Å². The Labute approximate surface area is 109 Å². The van der Waals surface area contributed by atoms with E-state index in [-0.39, 0.29) is 5.97 Å². The van der Waals surface area contributed by atoms with Crippen LogP contribution in [0.4, 0.5) is 0 Å². The van der Waals surface area contributed by atoms with E-state index >= 15 is 0 Å². The lowest BCUT2D eigenvalue weighted by Crippen LogP contribution is -2.01. The van der Waals surface area contributed by atoms with Crippen molar-refractivity contribution in [2.24, 2.45) is 0 Å². The first-order valence-electron chi connectivity index (χ1n) is 6.29. The molecule has 0 amide bonds. The molecule has 4 heteroatoms. The number of carbonyl (C=O) groups is 1. The number of thioether (sulfide) groups is 1. The molecule has 0 saturated heterocycles. The van der Waals surface area contributed by atoms with Crippen molar-refractivity contribution in [1.29, 1.82) is 0 Å². The number of rotatable bonds is 12. The molecular weight excluding hydrogens is 236 g/mol. The first kappa shape index (κ1) is 16.5. The van der Waals surface area contributed by atoms with Gasteiger partial charge in [0, 0.05) is 12.7 Å². The van der Waals surface area contributed by atoms with Gasteiger partial charge in [-0.2, -0.15) is 11.8 Å². The quantitative estimate of drug-likeness (QED) is 0.333. The van der Waals surface area contributed by atoms with Gasteiger partial charge in [0.1, 0.15) is 0 Å². The van der Waals surface area contributed by atoms with Gasteiger partial charge in [-0.3, -0.25) is 0 Å². The maximum atomic E-state index is 10.7. The van der Waals surface area contributed by atoms with Crippen LogP contribution in [0.3, 0.4) is 0 Å². The Morgan fingerprint density at radius 2 is 1.76 bits per heavy atom. The standard InChI is InChI=1S/C13H24O3S/c1-2-13(15)16-10-6-4-8-12-17-11-7-3-5-9-14/h2,14H,1,3-12H2. The Morgan fingerprint density at radius 3 is 2.35 bits per heavy atom. The van der Waals surface area contributed by atoms with Gasteiger partial charge in [-0.1, -0.05) is 13.0 Å². The average Bonchev–Trinajstić information content (AvgIpc) is 2.35. The van der Waals surface area contributed by atoms with E-state index in [0.29, 0.717) is 13.2 Å². The third-order valence-electron chi connectivity index (χ3n) is 2.29. The van der Waals surface area contributed by atoms with Crippen molar-refractivity contribution in [2.45, 2.75) is 38.5 Å². The molecule has 0 bridgehead atoms. The SMILES string of the molecule is C=CC(=O)OCCCCCSCCCCCO. The van der Waals surface area contributed by atoms with Crippen molar-refractivity contribution in [2.75, 3.05) is 24.7 Å². The predicted molar refractivity (Wildman–Crippen MR) is 73.3 cm³/mol. The molecule has 0 rings (SSSR count). The Kier molecular flexibility index (Phi) is 13.2.